The molecule has 3 aromatic carbocycles. The van der Waals surface area contributed by atoms with E-state index in [1.54, 1.807) is 36.4 Å². The lowest BCUT2D eigenvalue weighted by Gasteiger charge is -2.29. The molecule has 0 saturated heterocycles. The zero-order valence-electron chi connectivity index (χ0n) is 22.5. The molecule has 0 aliphatic heterocycles. The van der Waals surface area contributed by atoms with Crippen molar-refractivity contribution >= 4 is 40.1 Å². The zero-order valence-corrected chi connectivity index (χ0v) is 23.3. The number of benzene rings is 3. The highest BCUT2D eigenvalue weighted by Gasteiger charge is 2.39. The number of carbonyl (C=O) groups excluding carboxylic acids is 1. The number of nitrogens with zero attached hydrogens (tertiary/aromatic N) is 3. The van der Waals surface area contributed by atoms with Crippen LogP contribution in [0.3, 0.4) is 0 Å². The third-order valence-electron chi connectivity index (χ3n) is 6.99. The minimum atomic E-state index is -4.68. The van der Waals surface area contributed by atoms with E-state index >= 15 is 0 Å². The fourth-order valence-electron chi connectivity index (χ4n) is 4.50. The van der Waals surface area contributed by atoms with E-state index in [4.69, 9.17) is 16.9 Å². The first kappa shape index (κ1) is 31.2. The highest BCUT2D eigenvalue weighted by atomic mass is 35.5. The van der Waals surface area contributed by atoms with Crippen molar-refractivity contribution in [2.75, 3.05) is 11.9 Å². The predicted octanol–water partition coefficient (Wildman–Crippen LogP) is 6.52. The lowest BCUT2D eigenvalue weighted by Crippen LogP contribution is -2.43. The molecule has 2 unspecified atom stereocenters. The Morgan fingerprint density at radius 3 is 2.33 bits per heavy atom. The van der Waals surface area contributed by atoms with E-state index in [1.165, 1.54) is 12.3 Å². The van der Waals surface area contributed by atoms with Gasteiger partial charge in [-0.2, -0.15) is 18.4 Å². The van der Waals surface area contributed by atoms with Gasteiger partial charge in [-0.05, 0) is 42.8 Å². The second-order valence-corrected chi connectivity index (χ2v) is 10.1. The van der Waals surface area contributed by atoms with Crippen LogP contribution in [0.5, 0.6) is 0 Å². The van der Waals surface area contributed by atoms with Crippen LogP contribution in [0.25, 0.3) is 22.0 Å². The SMILES string of the molecule is CC(N(C)c1cc(F)c(C(=O)NC(Cc2ccc(-c3ccc(C#N)cc3Cl)c3ncccc23)C(=O)O)c(F)c1)C(F)(F)F. The Morgan fingerprint density at radius 2 is 1.74 bits per heavy atom. The number of alkyl halides is 3. The van der Waals surface area contributed by atoms with Crippen molar-refractivity contribution in [3.05, 3.63) is 94.1 Å². The van der Waals surface area contributed by atoms with E-state index in [2.05, 4.69) is 10.3 Å². The van der Waals surface area contributed by atoms with Crippen LogP contribution in [0.2, 0.25) is 5.02 Å². The van der Waals surface area contributed by atoms with E-state index in [0.717, 1.165) is 14.0 Å². The lowest BCUT2D eigenvalue weighted by molar-refractivity contribution is -0.144. The van der Waals surface area contributed by atoms with Crippen molar-refractivity contribution in [3.63, 3.8) is 0 Å². The van der Waals surface area contributed by atoms with Gasteiger partial charge in [0.2, 0.25) is 0 Å². The fourth-order valence-corrected chi connectivity index (χ4v) is 4.79. The van der Waals surface area contributed by atoms with Gasteiger partial charge < -0.3 is 15.3 Å². The van der Waals surface area contributed by atoms with Gasteiger partial charge in [0.05, 0.1) is 17.1 Å². The highest BCUT2D eigenvalue weighted by molar-refractivity contribution is 6.33. The van der Waals surface area contributed by atoms with Crippen LogP contribution in [-0.2, 0) is 11.2 Å². The summed E-state index contributed by atoms with van der Waals surface area (Å²) in [5, 5.41) is 21.9. The monoisotopic (exact) mass is 616 g/mol. The third-order valence-corrected chi connectivity index (χ3v) is 7.30. The van der Waals surface area contributed by atoms with Gasteiger partial charge >= 0.3 is 12.1 Å². The number of halogens is 6. The largest absolute Gasteiger partial charge is 0.480 e. The van der Waals surface area contributed by atoms with E-state index in [0.29, 0.717) is 55.2 Å². The first-order valence-electron chi connectivity index (χ1n) is 12.6. The molecule has 0 bridgehead atoms. The maximum absolute atomic E-state index is 14.9. The molecule has 2 N–H and O–H groups in total. The van der Waals surface area contributed by atoms with Gasteiger partial charge in [-0.15, -0.1) is 0 Å². The summed E-state index contributed by atoms with van der Waals surface area (Å²) >= 11 is 6.39. The summed E-state index contributed by atoms with van der Waals surface area (Å²) < 4.78 is 68.9. The molecular formula is C30H22ClF5N4O3. The number of carboxylic acids is 1. The molecule has 0 aliphatic rings. The number of hydrogen-bond donors (Lipinski definition) is 2. The normalized spacial score (nSPS) is 12.8. The third kappa shape index (κ3) is 6.52. The number of nitrogens with one attached hydrogen (secondary N) is 1. The number of fused-ring (bicyclic) bond motifs is 1. The number of anilines is 1. The van der Waals surface area contributed by atoms with Crippen molar-refractivity contribution in [1.82, 2.24) is 10.3 Å². The molecule has 0 saturated carbocycles. The Labute approximate surface area is 247 Å². The van der Waals surface area contributed by atoms with E-state index in [1.807, 2.05) is 6.07 Å². The van der Waals surface area contributed by atoms with Gasteiger partial charge in [0.1, 0.15) is 29.3 Å². The number of nitriles is 1. The Kier molecular flexibility index (Phi) is 8.87. The number of rotatable bonds is 8. The average molecular weight is 617 g/mol. The van der Waals surface area contributed by atoms with Gasteiger partial charge in [-0.3, -0.25) is 9.78 Å². The van der Waals surface area contributed by atoms with Crippen molar-refractivity contribution in [3.8, 4) is 17.2 Å². The van der Waals surface area contributed by atoms with Crippen molar-refractivity contribution in [2.24, 2.45) is 0 Å². The molecule has 4 aromatic rings. The quantitative estimate of drug-likeness (QED) is 0.218. The molecule has 0 aliphatic carbocycles. The molecule has 0 spiro atoms. The smallest absolute Gasteiger partial charge is 0.408 e. The van der Waals surface area contributed by atoms with Gasteiger partial charge in [0.15, 0.2) is 0 Å². The van der Waals surface area contributed by atoms with Gasteiger partial charge in [0.25, 0.3) is 5.91 Å². The van der Waals surface area contributed by atoms with Crippen molar-refractivity contribution in [2.45, 2.75) is 31.6 Å². The number of hydrogen-bond acceptors (Lipinski definition) is 5. The molecular weight excluding hydrogens is 595 g/mol. The van der Waals surface area contributed by atoms with Gasteiger partial charge in [-0.25, -0.2) is 13.6 Å². The van der Waals surface area contributed by atoms with Crippen LogP contribution in [0.15, 0.2) is 60.8 Å². The number of amides is 1. The minimum absolute atomic E-state index is 0.295. The van der Waals surface area contributed by atoms with Crippen LogP contribution >= 0.6 is 11.6 Å². The average Bonchev–Trinajstić information content (AvgIpc) is 2.95. The van der Waals surface area contributed by atoms with Crippen molar-refractivity contribution in [1.29, 1.82) is 5.26 Å². The molecule has 0 fully saturated rings. The lowest BCUT2D eigenvalue weighted by atomic mass is 9.94. The van der Waals surface area contributed by atoms with Crippen LogP contribution in [0, 0.1) is 23.0 Å². The summed E-state index contributed by atoms with van der Waals surface area (Å²) in [5.41, 5.74) is 0.804. The molecule has 43 heavy (non-hydrogen) atoms. The molecule has 0 radical (unpaired) electrons. The molecule has 2 atom stereocenters. The molecule has 4 rings (SSSR count). The second-order valence-electron chi connectivity index (χ2n) is 9.66. The van der Waals surface area contributed by atoms with Gasteiger partial charge in [-0.1, -0.05) is 35.9 Å². The number of aromatic nitrogens is 1. The Balaban J connectivity index is 1.64. The first-order valence-corrected chi connectivity index (χ1v) is 13.0. The molecule has 13 heteroatoms. The topological polar surface area (TPSA) is 106 Å². The zero-order chi connectivity index (χ0) is 31.6. The number of aliphatic carboxylic acids is 1. The molecule has 1 amide bonds. The summed E-state index contributed by atoms with van der Waals surface area (Å²) in [7, 11) is 0.992. The molecule has 1 aromatic heterocycles. The second kappa shape index (κ2) is 12.2. The summed E-state index contributed by atoms with van der Waals surface area (Å²) in [6.07, 6.45) is -3.47. The Bertz CT molecular complexity index is 1750. The van der Waals surface area contributed by atoms with Crippen LogP contribution < -0.4 is 10.2 Å². The molecule has 1 heterocycles. The summed E-state index contributed by atoms with van der Waals surface area (Å²) in [6, 6.07) is 10.7. The first-order chi connectivity index (χ1) is 20.2. The number of carboxylic acid groups (broad SMARTS) is 1. The Morgan fingerprint density at radius 1 is 1.09 bits per heavy atom. The predicted molar refractivity (Wildman–Crippen MR) is 150 cm³/mol. The van der Waals surface area contributed by atoms with Gasteiger partial charge in [0, 0.05) is 46.9 Å². The highest BCUT2D eigenvalue weighted by Crippen LogP contribution is 2.35. The minimum Gasteiger partial charge on any atom is -0.480 e. The Hall–Kier alpha value is -4.76. The van der Waals surface area contributed by atoms with E-state index < -0.39 is 53.0 Å². The maximum Gasteiger partial charge on any atom is 0.408 e. The van der Waals surface area contributed by atoms with E-state index in [9.17, 15) is 36.6 Å². The van der Waals surface area contributed by atoms with Crippen LogP contribution in [0.1, 0.15) is 28.4 Å². The number of pyridine rings is 1. The molecule has 7 nitrogen and oxygen atoms in total. The standard InChI is InChI=1S/C30H22ClF5N4O3/c1-15(30(34,35)36)40(2)18-12-23(32)26(24(33)13-18)28(41)39-25(29(42)43)11-17-6-8-21(27-19(17)4-3-9-38-27)20-7-5-16(14-37)10-22(20)31/h3-10,12-13,15,25H,11H2,1-2H3,(H,39,41)(H,42,43). The number of carbonyl (C=O) groups is 2. The van der Waals surface area contributed by atoms with Crippen molar-refractivity contribution < 1.29 is 36.6 Å². The van der Waals surface area contributed by atoms with Crippen LogP contribution in [-0.4, -0.2) is 47.3 Å². The summed E-state index contributed by atoms with van der Waals surface area (Å²) in [4.78, 5) is 30.0. The maximum atomic E-state index is 14.9. The summed E-state index contributed by atoms with van der Waals surface area (Å²) in [5.74, 6) is -5.82. The molecule has 222 valence electrons. The summed E-state index contributed by atoms with van der Waals surface area (Å²) in [6.45, 7) is 0.804. The van der Waals surface area contributed by atoms with Crippen LogP contribution in [0.4, 0.5) is 27.6 Å². The fraction of sp³-hybridized carbons (Fsp3) is 0.200. The van der Waals surface area contributed by atoms with E-state index in [-0.39, 0.29) is 6.42 Å².